The Bertz CT molecular complexity index is 1030. The lowest BCUT2D eigenvalue weighted by Crippen LogP contribution is -2.16. The first-order chi connectivity index (χ1) is 13.1. The normalized spacial score (nSPS) is 13.4. The van der Waals surface area contributed by atoms with Gasteiger partial charge in [0.05, 0.1) is 25.4 Å². The third-order valence-electron chi connectivity index (χ3n) is 4.98. The molecule has 0 spiro atoms. The number of carbonyl (C=O) groups is 2. The number of nitrogens with one attached hydrogen (secondary N) is 1. The zero-order chi connectivity index (χ0) is 19.0. The molecule has 4 rings (SSSR count). The maximum absolute atomic E-state index is 12.7. The smallest absolute Gasteiger partial charge is 0.341 e. The SMILES string of the molecule is COC(=O)c1c(NC(=O)Cc2coc3cc(C)ccc23)sc2c1CCCC2. The van der Waals surface area contributed by atoms with Crippen LogP contribution in [0.1, 0.15) is 44.8 Å². The van der Waals surface area contributed by atoms with E-state index in [-0.39, 0.29) is 18.3 Å². The Hall–Kier alpha value is -2.60. The van der Waals surface area contributed by atoms with Crippen LogP contribution in [0.25, 0.3) is 11.0 Å². The van der Waals surface area contributed by atoms with E-state index in [2.05, 4.69) is 5.32 Å². The van der Waals surface area contributed by atoms with Crippen molar-refractivity contribution in [1.29, 1.82) is 0 Å². The van der Waals surface area contributed by atoms with Crippen molar-refractivity contribution in [2.45, 2.75) is 39.0 Å². The molecule has 0 fully saturated rings. The highest BCUT2D eigenvalue weighted by Crippen LogP contribution is 2.38. The van der Waals surface area contributed by atoms with Gasteiger partial charge in [-0.2, -0.15) is 0 Å². The van der Waals surface area contributed by atoms with Gasteiger partial charge >= 0.3 is 5.97 Å². The number of furan rings is 1. The van der Waals surface area contributed by atoms with E-state index >= 15 is 0 Å². The van der Waals surface area contributed by atoms with E-state index in [4.69, 9.17) is 9.15 Å². The van der Waals surface area contributed by atoms with Gasteiger partial charge < -0.3 is 14.5 Å². The topological polar surface area (TPSA) is 68.5 Å². The number of hydrogen-bond acceptors (Lipinski definition) is 5. The molecule has 0 bridgehead atoms. The molecule has 5 nitrogen and oxygen atoms in total. The van der Waals surface area contributed by atoms with Crippen LogP contribution in [-0.4, -0.2) is 19.0 Å². The van der Waals surface area contributed by atoms with Crippen molar-refractivity contribution in [3.63, 3.8) is 0 Å². The predicted molar refractivity (Wildman–Crippen MR) is 106 cm³/mol. The van der Waals surface area contributed by atoms with Gasteiger partial charge in [-0.1, -0.05) is 12.1 Å². The van der Waals surface area contributed by atoms with E-state index < -0.39 is 0 Å². The van der Waals surface area contributed by atoms with Crippen LogP contribution < -0.4 is 5.32 Å². The number of benzene rings is 1. The van der Waals surface area contributed by atoms with Gasteiger partial charge in [-0.25, -0.2) is 4.79 Å². The third kappa shape index (κ3) is 3.37. The predicted octanol–water partition coefficient (Wildman–Crippen LogP) is 4.65. The van der Waals surface area contributed by atoms with Gasteiger partial charge in [0.2, 0.25) is 5.91 Å². The number of carbonyl (C=O) groups excluding carboxylic acids is 2. The maximum atomic E-state index is 12.7. The molecule has 0 atom stereocenters. The molecule has 1 aromatic carbocycles. The number of methoxy groups -OCH3 is 1. The maximum Gasteiger partial charge on any atom is 0.341 e. The molecule has 0 radical (unpaired) electrons. The molecule has 1 N–H and O–H groups in total. The highest BCUT2D eigenvalue weighted by Gasteiger charge is 2.27. The molecule has 0 unspecified atom stereocenters. The first-order valence-electron chi connectivity index (χ1n) is 9.06. The summed E-state index contributed by atoms with van der Waals surface area (Å²) < 4.78 is 10.5. The van der Waals surface area contributed by atoms with Crippen LogP contribution in [0.2, 0.25) is 0 Å². The first kappa shape index (κ1) is 17.8. The Morgan fingerprint density at radius 2 is 2.07 bits per heavy atom. The van der Waals surface area contributed by atoms with Crippen molar-refractivity contribution in [3.05, 3.63) is 51.6 Å². The van der Waals surface area contributed by atoms with Crippen molar-refractivity contribution < 1.29 is 18.7 Å². The van der Waals surface area contributed by atoms with Crippen LogP contribution >= 0.6 is 11.3 Å². The summed E-state index contributed by atoms with van der Waals surface area (Å²) in [6.45, 7) is 2.00. The second kappa shape index (κ2) is 7.19. The van der Waals surface area contributed by atoms with Crippen molar-refractivity contribution >= 4 is 39.2 Å². The van der Waals surface area contributed by atoms with Crippen molar-refractivity contribution in [2.24, 2.45) is 0 Å². The summed E-state index contributed by atoms with van der Waals surface area (Å²) in [5.41, 5.74) is 4.29. The summed E-state index contributed by atoms with van der Waals surface area (Å²) in [5.74, 6) is -0.545. The number of anilines is 1. The molecule has 0 saturated carbocycles. The van der Waals surface area contributed by atoms with Gasteiger partial charge in [-0.3, -0.25) is 4.79 Å². The number of fused-ring (bicyclic) bond motifs is 2. The Morgan fingerprint density at radius 3 is 2.89 bits per heavy atom. The van der Waals surface area contributed by atoms with E-state index in [0.29, 0.717) is 10.6 Å². The van der Waals surface area contributed by atoms with E-state index in [1.807, 2.05) is 25.1 Å². The van der Waals surface area contributed by atoms with E-state index in [1.165, 1.54) is 23.3 Å². The Labute approximate surface area is 161 Å². The highest BCUT2D eigenvalue weighted by molar-refractivity contribution is 7.17. The Morgan fingerprint density at radius 1 is 1.26 bits per heavy atom. The fraction of sp³-hybridized carbons (Fsp3) is 0.333. The molecule has 3 aromatic rings. The van der Waals surface area contributed by atoms with Crippen LogP contribution in [0.15, 0.2) is 28.9 Å². The number of esters is 1. The monoisotopic (exact) mass is 383 g/mol. The summed E-state index contributed by atoms with van der Waals surface area (Å²) in [6.07, 6.45) is 5.80. The molecule has 0 saturated heterocycles. The minimum Gasteiger partial charge on any atom is -0.465 e. The molecular formula is C21H21NO4S. The zero-order valence-corrected chi connectivity index (χ0v) is 16.2. The first-order valence-corrected chi connectivity index (χ1v) is 9.88. The minimum atomic E-state index is -0.381. The number of amides is 1. The second-order valence-corrected chi connectivity index (χ2v) is 8.00. The molecule has 0 aliphatic heterocycles. The van der Waals surface area contributed by atoms with Gasteiger partial charge in [0.1, 0.15) is 10.6 Å². The van der Waals surface area contributed by atoms with Gasteiger partial charge in [0.25, 0.3) is 0 Å². The lowest BCUT2D eigenvalue weighted by molar-refractivity contribution is -0.115. The Balaban J connectivity index is 1.59. The number of thiophene rings is 1. The summed E-state index contributed by atoms with van der Waals surface area (Å²) in [5, 5.41) is 4.47. The highest BCUT2D eigenvalue weighted by atomic mass is 32.1. The van der Waals surface area contributed by atoms with Gasteiger partial charge in [-0.15, -0.1) is 11.3 Å². The van der Waals surface area contributed by atoms with Crippen LogP contribution in [0.3, 0.4) is 0 Å². The molecule has 1 amide bonds. The molecule has 27 heavy (non-hydrogen) atoms. The standard InChI is InChI=1S/C21H21NO4S/c1-12-7-8-14-13(11-26-16(14)9-12)10-18(23)22-20-19(21(24)25-2)15-5-3-4-6-17(15)27-20/h7-9,11H,3-6,10H2,1-2H3,(H,22,23). The molecule has 6 heteroatoms. The summed E-state index contributed by atoms with van der Waals surface area (Å²) in [4.78, 5) is 26.1. The van der Waals surface area contributed by atoms with Crippen molar-refractivity contribution in [2.75, 3.05) is 12.4 Å². The largest absolute Gasteiger partial charge is 0.465 e. The van der Waals surface area contributed by atoms with Gasteiger partial charge in [0, 0.05) is 15.8 Å². The van der Waals surface area contributed by atoms with E-state index in [9.17, 15) is 9.59 Å². The lowest BCUT2D eigenvalue weighted by atomic mass is 9.95. The minimum absolute atomic E-state index is 0.165. The van der Waals surface area contributed by atoms with Crippen molar-refractivity contribution in [1.82, 2.24) is 0 Å². The van der Waals surface area contributed by atoms with Crippen LogP contribution in [0, 0.1) is 6.92 Å². The lowest BCUT2D eigenvalue weighted by Gasteiger charge is -2.11. The third-order valence-corrected chi connectivity index (χ3v) is 6.18. The molecule has 2 aromatic heterocycles. The second-order valence-electron chi connectivity index (χ2n) is 6.89. The number of rotatable bonds is 4. The molecule has 140 valence electrons. The fourth-order valence-corrected chi connectivity index (χ4v) is 4.94. The molecular weight excluding hydrogens is 362 g/mol. The van der Waals surface area contributed by atoms with Gasteiger partial charge in [0.15, 0.2) is 0 Å². The van der Waals surface area contributed by atoms with Gasteiger partial charge in [-0.05, 0) is 49.8 Å². The number of ether oxygens (including phenoxy) is 1. The van der Waals surface area contributed by atoms with Crippen molar-refractivity contribution in [3.8, 4) is 0 Å². The number of aryl methyl sites for hydroxylation is 2. The molecule has 2 heterocycles. The zero-order valence-electron chi connectivity index (χ0n) is 15.4. The quantitative estimate of drug-likeness (QED) is 0.666. The van der Waals surface area contributed by atoms with Crippen LogP contribution in [0.4, 0.5) is 5.00 Å². The summed E-state index contributed by atoms with van der Waals surface area (Å²) >= 11 is 1.50. The van der Waals surface area contributed by atoms with E-state index in [0.717, 1.165) is 53.3 Å². The summed E-state index contributed by atoms with van der Waals surface area (Å²) in [7, 11) is 1.38. The van der Waals surface area contributed by atoms with Crippen LogP contribution in [0.5, 0.6) is 0 Å². The summed E-state index contributed by atoms with van der Waals surface area (Å²) in [6, 6.07) is 5.93. The molecule has 1 aliphatic rings. The number of hydrogen-bond donors (Lipinski definition) is 1. The Kier molecular flexibility index (Phi) is 4.74. The molecule has 1 aliphatic carbocycles. The average molecular weight is 383 g/mol. The van der Waals surface area contributed by atoms with Crippen LogP contribution in [-0.2, 0) is 28.8 Å². The van der Waals surface area contributed by atoms with E-state index in [1.54, 1.807) is 6.26 Å². The fourth-order valence-electron chi connectivity index (χ4n) is 3.64. The average Bonchev–Trinajstić information content (AvgIpc) is 3.21.